The summed E-state index contributed by atoms with van der Waals surface area (Å²) < 4.78 is 38.3. The maximum Gasteiger partial charge on any atom is 0.417 e. The van der Waals surface area contributed by atoms with Crippen molar-refractivity contribution < 1.29 is 22.8 Å². The van der Waals surface area contributed by atoms with Crippen LogP contribution in [0.5, 0.6) is 0 Å². The maximum atomic E-state index is 12.8. The minimum Gasteiger partial charge on any atom is -0.352 e. The second kappa shape index (κ2) is 11.1. The first-order chi connectivity index (χ1) is 15.2. The second-order valence-electron chi connectivity index (χ2n) is 8.23. The molecule has 1 aromatic rings. The summed E-state index contributed by atoms with van der Waals surface area (Å²) in [6.45, 7) is 2.17. The van der Waals surface area contributed by atoms with Crippen molar-refractivity contribution in [2.75, 3.05) is 37.6 Å². The molecule has 2 fully saturated rings. The lowest BCUT2D eigenvalue weighted by atomic mass is 9.96. The number of alkyl halides is 3. The third-order valence-corrected chi connectivity index (χ3v) is 6.15. The first-order valence-corrected chi connectivity index (χ1v) is 11.4. The number of carbonyl (C=O) groups is 2. The summed E-state index contributed by atoms with van der Waals surface area (Å²) in [6.07, 6.45) is 2.70. The lowest BCUT2D eigenvalue weighted by Crippen LogP contribution is -2.49. The molecule has 178 valence electrons. The molecule has 32 heavy (non-hydrogen) atoms. The van der Waals surface area contributed by atoms with Gasteiger partial charge in [0, 0.05) is 51.4 Å². The van der Waals surface area contributed by atoms with E-state index in [1.807, 2.05) is 0 Å². The van der Waals surface area contributed by atoms with Crippen LogP contribution in [0.2, 0.25) is 5.02 Å². The Balaban J connectivity index is 1.36. The van der Waals surface area contributed by atoms with E-state index in [0.29, 0.717) is 51.4 Å². The Morgan fingerprint density at radius 3 is 2.44 bits per heavy atom. The van der Waals surface area contributed by atoms with Crippen LogP contribution >= 0.6 is 11.6 Å². The number of anilines is 1. The van der Waals surface area contributed by atoms with Gasteiger partial charge in [0.2, 0.25) is 5.91 Å². The van der Waals surface area contributed by atoms with Crippen LogP contribution in [0.1, 0.15) is 50.5 Å². The molecule has 1 aromatic heterocycles. The Kier molecular flexibility index (Phi) is 8.44. The normalized spacial score (nSPS) is 17.9. The van der Waals surface area contributed by atoms with Crippen LogP contribution in [0.3, 0.4) is 0 Å². The Bertz CT molecular complexity index is 794. The van der Waals surface area contributed by atoms with Gasteiger partial charge in [-0.05, 0) is 25.3 Å². The van der Waals surface area contributed by atoms with Crippen molar-refractivity contribution in [1.29, 1.82) is 0 Å². The van der Waals surface area contributed by atoms with Crippen LogP contribution in [-0.2, 0) is 11.0 Å². The zero-order valence-corrected chi connectivity index (χ0v) is 18.6. The number of nitrogens with zero attached hydrogens (tertiary/aromatic N) is 3. The van der Waals surface area contributed by atoms with Gasteiger partial charge in [-0.2, -0.15) is 13.2 Å². The van der Waals surface area contributed by atoms with E-state index in [9.17, 15) is 22.8 Å². The average molecular weight is 476 g/mol. The molecule has 0 aromatic carbocycles. The summed E-state index contributed by atoms with van der Waals surface area (Å²) in [5, 5.41) is 5.72. The van der Waals surface area contributed by atoms with Crippen LogP contribution in [0.4, 0.5) is 23.8 Å². The highest BCUT2D eigenvalue weighted by Crippen LogP contribution is 2.33. The Morgan fingerprint density at radius 1 is 1.12 bits per heavy atom. The van der Waals surface area contributed by atoms with Crippen LogP contribution in [0, 0.1) is 0 Å². The van der Waals surface area contributed by atoms with Crippen molar-refractivity contribution in [2.24, 2.45) is 0 Å². The SMILES string of the molecule is O=C(NCCCC(=O)N1CCN(c2ncc(C(F)(F)F)cc2Cl)CC1)NC1CCCCC1. The van der Waals surface area contributed by atoms with Gasteiger partial charge in [-0.25, -0.2) is 9.78 Å². The standard InChI is InChI=1S/C21H29ClF3N5O2/c22-17-13-15(21(23,24)25)14-27-19(17)30-11-9-29(10-12-30)18(31)7-4-8-26-20(32)28-16-5-2-1-3-6-16/h13-14,16H,1-12H2,(H2,26,28,32). The van der Waals surface area contributed by atoms with Gasteiger partial charge in [0.1, 0.15) is 5.82 Å². The molecular formula is C21H29ClF3N5O2. The number of hydrogen-bond acceptors (Lipinski definition) is 4. The molecule has 3 amide bonds. The highest BCUT2D eigenvalue weighted by Gasteiger charge is 2.32. The summed E-state index contributed by atoms with van der Waals surface area (Å²) in [7, 11) is 0. The number of piperazine rings is 1. The van der Waals surface area contributed by atoms with Gasteiger partial charge < -0.3 is 20.4 Å². The molecule has 1 aliphatic heterocycles. The van der Waals surface area contributed by atoms with Crippen molar-refractivity contribution in [3.05, 3.63) is 22.8 Å². The molecule has 0 spiro atoms. The zero-order chi connectivity index (χ0) is 23.1. The summed E-state index contributed by atoms with van der Waals surface area (Å²) in [6, 6.07) is 0.937. The number of hydrogen-bond donors (Lipinski definition) is 2. The number of pyridine rings is 1. The van der Waals surface area contributed by atoms with Crippen LogP contribution in [0.25, 0.3) is 0 Å². The predicted molar refractivity (Wildman–Crippen MR) is 116 cm³/mol. The lowest BCUT2D eigenvalue weighted by Gasteiger charge is -2.36. The molecule has 3 rings (SSSR count). The molecule has 7 nitrogen and oxygen atoms in total. The molecule has 1 saturated heterocycles. The average Bonchev–Trinajstić information content (AvgIpc) is 2.77. The van der Waals surface area contributed by atoms with Gasteiger partial charge in [-0.1, -0.05) is 30.9 Å². The molecule has 1 saturated carbocycles. The van der Waals surface area contributed by atoms with Gasteiger partial charge in [0.05, 0.1) is 10.6 Å². The smallest absolute Gasteiger partial charge is 0.352 e. The van der Waals surface area contributed by atoms with E-state index in [2.05, 4.69) is 15.6 Å². The zero-order valence-electron chi connectivity index (χ0n) is 17.9. The lowest BCUT2D eigenvalue weighted by molar-refractivity contribution is -0.137. The highest BCUT2D eigenvalue weighted by molar-refractivity contribution is 6.33. The molecule has 0 radical (unpaired) electrons. The quantitative estimate of drug-likeness (QED) is 0.613. The van der Waals surface area contributed by atoms with Crippen molar-refractivity contribution in [1.82, 2.24) is 20.5 Å². The largest absolute Gasteiger partial charge is 0.417 e. The van der Waals surface area contributed by atoms with Crippen molar-refractivity contribution in [2.45, 2.75) is 57.2 Å². The molecule has 11 heteroatoms. The number of carbonyl (C=O) groups excluding carboxylic acids is 2. The van der Waals surface area contributed by atoms with E-state index in [0.717, 1.165) is 37.9 Å². The summed E-state index contributed by atoms with van der Waals surface area (Å²) >= 11 is 6.01. The number of urea groups is 1. The van der Waals surface area contributed by atoms with Gasteiger partial charge in [0.15, 0.2) is 0 Å². The second-order valence-corrected chi connectivity index (χ2v) is 8.64. The highest BCUT2D eigenvalue weighted by atomic mass is 35.5. The number of aromatic nitrogens is 1. The summed E-state index contributed by atoms with van der Waals surface area (Å²) in [5.74, 6) is 0.283. The number of halogens is 4. The fourth-order valence-corrected chi connectivity index (χ4v) is 4.35. The van der Waals surface area contributed by atoms with Gasteiger partial charge in [-0.3, -0.25) is 4.79 Å². The van der Waals surface area contributed by atoms with Gasteiger partial charge in [0.25, 0.3) is 0 Å². The number of nitrogens with one attached hydrogen (secondary N) is 2. The van der Waals surface area contributed by atoms with Crippen molar-refractivity contribution >= 4 is 29.4 Å². The van der Waals surface area contributed by atoms with Crippen LogP contribution in [-0.4, -0.2) is 60.6 Å². The predicted octanol–water partition coefficient (Wildman–Crippen LogP) is 3.81. The Hall–Kier alpha value is -2.23. The Labute approximate surface area is 190 Å². The third-order valence-electron chi connectivity index (χ3n) is 5.87. The van der Waals surface area contributed by atoms with E-state index in [4.69, 9.17) is 11.6 Å². The summed E-state index contributed by atoms with van der Waals surface area (Å²) in [4.78, 5) is 31.7. The minimum atomic E-state index is -4.49. The third kappa shape index (κ3) is 6.88. The first-order valence-electron chi connectivity index (χ1n) is 11.0. The van der Waals surface area contributed by atoms with Gasteiger partial charge >= 0.3 is 12.2 Å². The van der Waals surface area contributed by atoms with Crippen molar-refractivity contribution in [3.63, 3.8) is 0 Å². The van der Waals surface area contributed by atoms with E-state index >= 15 is 0 Å². The fourth-order valence-electron chi connectivity index (χ4n) is 4.07. The molecule has 2 N–H and O–H groups in total. The first kappa shape index (κ1) is 24.4. The monoisotopic (exact) mass is 475 g/mol. The topological polar surface area (TPSA) is 77.6 Å². The molecule has 2 heterocycles. The molecule has 0 atom stereocenters. The summed E-state index contributed by atoms with van der Waals surface area (Å²) in [5.41, 5.74) is -0.888. The van der Waals surface area contributed by atoms with Crippen LogP contribution < -0.4 is 15.5 Å². The molecule has 1 aliphatic carbocycles. The molecule has 0 unspecified atom stereocenters. The van der Waals surface area contributed by atoms with Crippen LogP contribution in [0.15, 0.2) is 12.3 Å². The maximum absolute atomic E-state index is 12.8. The molecule has 2 aliphatic rings. The minimum absolute atomic E-state index is 0.00869. The van der Waals surface area contributed by atoms with E-state index in [-0.39, 0.29) is 23.0 Å². The molecule has 0 bridgehead atoms. The number of rotatable bonds is 6. The van der Waals surface area contributed by atoms with E-state index in [1.54, 1.807) is 9.80 Å². The van der Waals surface area contributed by atoms with E-state index in [1.165, 1.54) is 6.42 Å². The molecular weight excluding hydrogens is 447 g/mol. The Morgan fingerprint density at radius 2 is 1.81 bits per heavy atom. The van der Waals surface area contributed by atoms with Crippen molar-refractivity contribution in [3.8, 4) is 0 Å². The fraction of sp³-hybridized carbons (Fsp3) is 0.667. The van der Waals surface area contributed by atoms with Gasteiger partial charge in [-0.15, -0.1) is 0 Å². The van der Waals surface area contributed by atoms with E-state index < -0.39 is 11.7 Å². The number of amides is 3.